The van der Waals surface area contributed by atoms with Crippen molar-refractivity contribution in [3.8, 4) is 0 Å². The van der Waals surface area contributed by atoms with Gasteiger partial charge in [-0.2, -0.15) is 0 Å². The Balaban J connectivity index is 1.63. The maximum Gasteiger partial charge on any atom is 0.335 e. The van der Waals surface area contributed by atoms with Gasteiger partial charge in [-0.05, 0) is 87.5 Å². The molecule has 7 nitrogen and oxygen atoms in total. The van der Waals surface area contributed by atoms with Crippen molar-refractivity contribution in [2.45, 2.75) is 37.5 Å². The normalized spacial score (nSPS) is 19.6. The summed E-state index contributed by atoms with van der Waals surface area (Å²) in [6.45, 7) is 6.40. The van der Waals surface area contributed by atoms with E-state index in [2.05, 4.69) is 14.5 Å². The van der Waals surface area contributed by atoms with Crippen LogP contribution in [0.1, 0.15) is 41.6 Å². The lowest BCUT2D eigenvalue weighted by atomic mass is 9.96. The molecule has 0 unspecified atom stereocenters. The lowest BCUT2D eigenvalue weighted by molar-refractivity contribution is 0.0697. The zero-order valence-electron chi connectivity index (χ0n) is 18.8. The molecule has 1 atom stereocenters. The SMILES string of the molecule is Cc1ccc(F)cc1S(=O)(=O)Nc1cc(C(=O)O)ccc1N1CCC[C@H](CN2CCCC2)C1. The molecule has 2 aliphatic heterocycles. The molecular formula is C24H30FN3O4S. The van der Waals surface area contributed by atoms with Crippen LogP contribution in [-0.4, -0.2) is 57.1 Å². The predicted molar refractivity (Wildman–Crippen MR) is 126 cm³/mol. The number of likely N-dealkylation sites (tertiary alicyclic amines) is 1. The summed E-state index contributed by atoms with van der Waals surface area (Å²) in [6.07, 6.45) is 4.56. The van der Waals surface area contributed by atoms with Crippen LogP contribution in [0, 0.1) is 18.7 Å². The van der Waals surface area contributed by atoms with Gasteiger partial charge in [0.15, 0.2) is 0 Å². The third-order valence-electron chi connectivity index (χ3n) is 6.50. The number of carboxylic acid groups (broad SMARTS) is 1. The van der Waals surface area contributed by atoms with Gasteiger partial charge in [0.05, 0.1) is 21.8 Å². The second kappa shape index (κ2) is 9.69. The van der Waals surface area contributed by atoms with Gasteiger partial charge >= 0.3 is 5.97 Å². The van der Waals surface area contributed by atoms with Gasteiger partial charge in [-0.3, -0.25) is 4.72 Å². The van der Waals surface area contributed by atoms with E-state index in [1.165, 1.54) is 37.1 Å². The fourth-order valence-electron chi connectivity index (χ4n) is 4.85. The van der Waals surface area contributed by atoms with Crippen molar-refractivity contribution in [2.75, 3.05) is 42.3 Å². The monoisotopic (exact) mass is 475 g/mol. The maximum absolute atomic E-state index is 13.8. The number of benzene rings is 2. The third kappa shape index (κ3) is 5.47. The largest absolute Gasteiger partial charge is 0.478 e. The van der Waals surface area contributed by atoms with E-state index in [1.54, 1.807) is 13.0 Å². The minimum atomic E-state index is -4.12. The molecule has 0 bridgehead atoms. The molecule has 2 aliphatic rings. The first-order chi connectivity index (χ1) is 15.7. The number of piperidine rings is 1. The van der Waals surface area contributed by atoms with Crippen LogP contribution in [0.5, 0.6) is 0 Å². The van der Waals surface area contributed by atoms with Gasteiger partial charge in [0, 0.05) is 19.6 Å². The van der Waals surface area contributed by atoms with Gasteiger partial charge in [-0.1, -0.05) is 6.07 Å². The molecule has 2 aromatic rings. The molecule has 33 heavy (non-hydrogen) atoms. The highest BCUT2D eigenvalue weighted by atomic mass is 32.2. The van der Waals surface area contributed by atoms with Crippen LogP contribution in [0.3, 0.4) is 0 Å². The van der Waals surface area contributed by atoms with Crippen molar-refractivity contribution >= 4 is 27.4 Å². The standard InChI is InChI=1S/C24H30FN3O4S/c1-17-6-8-20(25)14-23(17)33(31,32)26-21-13-19(24(29)30)7-9-22(21)28-12-4-5-18(16-28)15-27-10-2-3-11-27/h6-9,13-14,18,26H,2-5,10-12,15-16H2,1H3,(H,29,30)/t18-/m1/s1. The second-order valence-electron chi connectivity index (χ2n) is 9.01. The van der Waals surface area contributed by atoms with E-state index < -0.39 is 21.8 Å². The molecule has 0 aromatic heterocycles. The summed E-state index contributed by atoms with van der Waals surface area (Å²) in [5.74, 6) is -1.33. The zero-order chi connectivity index (χ0) is 23.6. The summed E-state index contributed by atoms with van der Waals surface area (Å²) in [4.78, 5) is 16.0. The summed E-state index contributed by atoms with van der Waals surface area (Å²) in [5.41, 5.74) is 1.23. The topological polar surface area (TPSA) is 89.9 Å². The van der Waals surface area contributed by atoms with Crippen molar-refractivity contribution in [1.29, 1.82) is 0 Å². The highest BCUT2D eigenvalue weighted by Crippen LogP contribution is 2.33. The van der Waals surface area contributed by atoms with Crippen molar-refractivity contribution in [3.05, 3.63) is 53.3 Å². The molecule has 178 valence electrons. The Morgan fingerprint density at radius 2 is 1.88 bits per heavy atom. The number of sulfonamides is 1. The molecule has 0 saturated carbocycles. The predicted octanol–water partition coefficient (Wildman–Crippen LogP) is 3.95. The van der Waals surface area contributed by atoms with Crippen molar-refractivity contribution in [3.63, 3.8) is 0 Å². The number of nitrogens with zero attached hydrogens (tertiary/aromatic N) is 2. The molecule has 2 N–H and O–H groups in total. The van der Waals surface area contributed by atoms with Crippen molar-refractivity contribution in [2.24, 2.45) is 5.92 Å². The lowest BCUT2D eigenvalue weighted by Gasteiger charge is -2.37. The molecule has 4 rings (SSSR count). The Morgan fingerprint density at radius 3 is 2.61 bits per heavy atom. The summed E-state index contributed by atoms with van der Waals surface area (Å²) in [7, 11) is -4.12. The summed E-state index contributed by atoms with van der Waals surface area (Å²) in [5, 5.41) is 9.46. The van der Waals surface area contributed by atoms with E-state index in [-0.39, 0.29) is 16.1 Å². The Kier molecular flexibility index (Phi) is 6.90. The minimum Gasteiger partial charge on any atom is -0.478 e. The summed E-state index contributed by atoms with van der Waals surface area (Å²) < 4.78 is 42.6. The Bertz CT molecular complexity index is 1130. The number of carbonyl (C=O) groups is 1. The smallest absolute Gasteiger partial charge is 0.335 e. The fourth-order valence-corrected chi connectivity index (χ4v) is 6.18. The number of carboxylic acids is 1. The van der Waals surface area contributed by atoms with E-state index in [4.69, 9.17) is 0 Å². The first-order valence-electron chi connectivity index (χ1n) is 11.4. The number of aromatic carboxylic acids is 1. The molecule has 2 saturated heterocycles. The molecule has 2 heterocycles. The van der Waals surface area contributed by atoms with Crippen LogP contribution < -0.4 is 9.62 Å². The molecule has 2 fully saturated rings. The average molecular weight is 476 g/mol. The molecule has 0 amide bonds. The Hall–Kier alpha value is -2.65. The van der Waals surface area contributed by atoms with Crippen molar-refractivity contribution in [1.82, 2.24) is 4.90 Å². The molecule has 0 radical (unpaired) electrons. The molecule has 9 heteroatoms. The van der Waals surface area contributed by atoms with Crippen LogP contribution in [0.4, 0.5) is 15.8 Å². The van der Waals surface area contributed by atoms with Crippen LogP contribution in [0.15, 0.2) is 41.3 Å². The van der Waals surface area contributed by atoms with Gasteiger partial charge in [0.1, 0.15) is 5.82 Å². The van der Waals surface area contributed by atoms with Crippen molar-refractivity contribution < 1.29 is 22.7 Å². The van der Waals surface area contributed by atoms with Gasteiger partial charge < -0.3 is 14.9 Å². The number of rotatable bonds is 7. The third-order valence-corrected chi connectivity index (χ3v) is 8.01. The van der Waals surface area contributed by atoms with Gasteiger partial charge in [-0.25, -0.2) is 17.6 Å². The Labute approximate surface area is 194 Å². The Morgan fingerprint density at radius 1 is 1.12 bits per heavy atom. The first-order valence-corrected chi connectivity index (χ1v) is 12.8. The molecule has 0 spiro atoms. The fraction of sp³-hybridized carbons (Fsp3) is 0.458. The number of anilines is 2. The minimum absolute atomic E-state index is 0.0157. The number of hydrogen-bond acceptors (Lipinski definition) is 5. The van der Waals surface area contributed by atoms with Gasteiger partial charge in [0.25, 0.3) is 10.0 Å². The number of hydrogen-bond donors (Lipinski definition) is 2. The average Bonchev–Trinajstić information content (AvgIpc) is 3.28. The van der Waals surface area contributed by atoms with Gasteiger partial charge in [0.2, 0.25) is 0 Å². The van der Waals surface area contributed by atoms with E-state index >= 15 is 0 Å². The number of halogens is 1. The quantitative estimate of drug-likeness (QED) is 0.630. The number of aryl methyl sites for hydroxylation is 1. The highest BCUT2D eigenvalue weighted by Gasteiger charge is 2.27. The van der Waals surface area contributed by atoms with E-state index in [0.29, 0.717) is 17.2 Å². The molecule has 0 aliphatic carbocycles. The highest BCUT2D eigenvalue weighted by molar-refractivity contribution is 7.92. The zero-order valence-corrected chi connectivity index (χ0v) is 19.6. The van der Waals surface area contributed by atoms with Crippen LogP contribution in [-0.2, 0) is 10.0 Å². The summed E-state index contributed by atoms with van der Waals surface area (Å²) >= 11 is 0. The van der Waals surface area contributed by atoms with E-state index in [1.807, 2.05) is 0 Å². The van der Waals surface area contributed by atoms with E-state index in [9.17, 15) is 22.7 Å². The van der Waals surface area contributed by atoms with E-state index in [0.717, 1.165) is 51.6 Å². The molecule has 2 aromatic carbocycles. The van der Waals surface area contributed by atoms with Gasteiger partial charge in [-0.15, -0.1) is 0 Å². The second-order valence-corrected chi connectivity index (χ2v) is 10.7. The van der Waals surface area contributed by atoms with Crippen LogP contribution in [0.2, 0.25) is 0 Å². The maximum atomic E-state index is 13.8. The lowest BCUT2D eigenvalue weighted by Crippen LogP contribution is -2.40. The van der Waals surface area contributed by atoms with Crippen LogP contribution in [0.25, 0.3) is 0 Å². The first kappa shape index (κ1) is 23.5. The molecular weight excluding hydrogens is 445 g/mol. The van der Waals surface area contributed by atoms with Crippen LogP contribution >= 0.6 is 0 Å². The number of nitrogens with one attached hydrogen (secondary N) is 1. The summed E-state index contributed by atoms with van der Waals surface area (Å²) in [6, 6.07) is 8.09.